The number of nitrogens with zero attached hydrogens (tertiary/aromatic N) is 1. The van der Waals surface area contributed by atoms with Gasteiger partial charge in [0.15, 0.2) is 17.5 Å². The van der Waals surface area contributed by atoms with Gasteiger partial charge >= 0.3 is 0 Å². The van der Waals surface area contributed by atoms with E-state index in [4.69, 9.17) is 14.2 Å². The minimum Gasteiger partial charge on any atom is -0.493 e. The second kappa shape index (κ2) is 11.7. The Morgan fingerprint density at radius 3 is 2.52 bits per heavy atom. The molecule has 1 aromatic rings. The first kappa shape index (κ1) is 21.4. The zero-order valence-electron chi connectivity index (χ0n) is 17.2. The zero-order chi connectivity index (χ0) is 19.5. The second-order valence-electron chi connectivity index (χ2n) is 6.87. The molecule has 27 heavy (non-hydrogen) atoms. The van der Waals surface area contributed by atoms with Crippen molar-refractivity contribution in [1.82, 2.24) is 10.6 Å². The van der Waals surface area contributed by atoms with Gasteiger partial charge in [-0.1, -0.05) is 18.9 Å². The lowest BCUT2D eigenvalue weighted by Crippen LogP contribution is -2.39. The summed E-state index contributed by atoms with van der Waals surface area (Å²) in [6, 6.07) is 5.91. The van der Waals surface area contributed by atoms with E-state index in [1.807, 2.05) is 18.2 Å². The van der Waals surface area contributed by atoms with E-state index in [0.717, 1.165) is 42.6 Å². The molecule has 2 rings (SSSR count). The first-order valence-electron chi connectivity index (χ1n) is 9.98. The molecular weight excluding hydrogens is 342 g/mol. The van der Waals surface area contributed by atoms with Crippen LogP contribution in [-0.2, 0) is 11.3 Å². The Hall–Kier alpha value is -1.95. The average molecular weight is 378 g/mol. The lowest BCUT2D eigenvalue weighted by atomic mass is 9.98. The summed E-state index contributed by atoms with van der Waals surface area (Å²) in [7, 11) is 5.08. The van der Waals surface area contributed by atoms with Crippen LogP contribution < -0.4 is 20.1 Å². The molecule has 1 saturated carbocycles. The van der Waals surface area contributed by atoms with Crippen molar-refractivity contribution in [2.24, 2.45) is 10.9 Å². The topological polar surface area (TPSA) is 64.1 Å². The number of guanidine groups is 1. The summed E-state index contributed by atoms with van der Waals surface area (Å²) in [4.78, 5) is 4.32. The molecule has 2 N–H and O–H groups in total. The quantitative estimate of drug-likeness (QED) is 0.484. The van der Waals surface area contributed by atoms with Crippen LogP contribution >= 0.6 is 0 Å². The fourth-order valence-electron chi connectivity index (χ4n) is 3.73. The Bertz CT molecular complexity index is 586. The van der Waals surface area contributed by atoms with Gasteiger partial charge in [-0.15, -0.1) is 0 Å². The summed E-state index contributed by atoms with van der Waals surface area (Å²) in [5, 5.41) is 6.76. The molecule has 152 valence electrons. The van der Waals surface area contributed by atoms with Crippen molar-refractivity contribution in [2.45, 2.75) is 51.7 Å². The minimum absolute atomic E-state index is 0.356. The molecule has 6 heteroatoms. The molecule has 1 atom stereocenters. The summed E-state index contributed by atoms with van der Waals surface area (Å²) in [6.45, 7) is 4.39. The van der Waals surface area contributed by atoms with E-state index in [1.165, 1.54) is 25.7 Å². The molecule has 6 nitrogen and oxygen atoms in total. The van der Waals surface area contributed by atoms with Crippen molar-refractivity contribution in [2.75, 3.05) is 34.4 Å². The summed E-state index contributed by atoms with van der Waals surface area (Å²) in [5.41, 5.74) is 1.11. The largest absolute Gasteiger partial charge is 0.493 e. The third kappa shape index (κ3) is 6.61. The van der Waals surface area contributed by atoms with Crippen LogP contribution in [0.3, 0.4) is 0 Å². The molecule has 1 aliphatic carbocycles. The number of ether oxygens (including phenoxy) is 3. The smallest absolute Gasteiger partial charge is 0.191 e. The zero-order valence-corrected chi connectivity index (χ0v) is 17.2. The highest BCUT2D eigenvalue weighted by Crippen LogP contribution is 2.30. The number of rotatable bonds is 10. The van der Waals surface area contributed by atoms with E-state index < -0.39 is 0 Å². The van der Waals surface area contributed by atoms with E-state index in [9.17, 15) is 0 Å². The third-order valence-corrected chi connectivity index (χ3v) is 5.16. The monoisotopic (exact) mass is 377 g/mol. The van der Waals surface area contributed by atoms with Gasteiger partial charge in [-0.25, -0.2) is 0 Å². The van der Waals surface area contributed by atoms with E-state index in [2.05, 4.69) is 22.5 Å². The van der Waals surface area contributed by atoms with Gasteiger partial charge in [0, 0.05) is 26.7 Å². The van der Waals surface area contributed by atoms with Crippen LogP contribution in [0.2, 0.25) is 0 Å². The Morgan fingerprint density at radius 1 is 1.15 bits per heavy atom. The molecule has 0 radical (unpaired) electrons. The highest BCUT2D eigenvalue weighted by Gasteiger charge is 2.25. The molecule has 0 aromatic heterocycles. The standard InChI is InChI=1S/C21H35N3O3/c1-5-27-18(17-8-6-7-9-17)12-13-23-21(22-2)24-15-16-10-11-19(25-3)20(14-16)26-4/h10-11,14,17-18H,5-9,12-13,15H2,1-4H3,(H2,22,23,24). The average Bonchev–Trinajstić information content (AvgIpc) is 3.24. The van der Waals surface area contributed by atoms with Crippen molar-refractivity contribution in [3.8, 4) is 11.5 Å². The lowest BCUT2D eigenvalue weighted by molar-refractivity contribution is 0.0169. The Balaban J connectivity index is 1.79. The molecule has 1 fully saturated rings. The van der Waals surface area contributed by atoms with E-state index in [0.29, 0.717) is 18.6 Å². The van der Waals surface area contributed by atoms with Gasteiger partial charge in [0.05, 0.1) is 20.3 Å². The van der Waals surface area contributed by atoms with Crippen molar-refractivity contribution < 1.29 is 14.2 Å². The van der Waals surface area contributed by atoms with E-state index in [1.54, 1.807) is 21.3 Å². The number of benzene rings is 1. The Kier molecular flexibility index (Phi) is 9.25. The van der Waals surface area contributed by atoms with Crippen molar-refractivity contribution >= 4 is 5.96 Å². The molecule has 1 unspecified atom stereocenters. The molecule has 0 heterocycles. The number of methoxy groups -OCH3 is 2. The van der Waals surface area contributed by atoms with Crippen molar-refractivity contribution in [3.63, 3.8) is 0 Å². The summed E-state index contributed by atoms with van der Waals surface area (Å²) >= 11 is 0. The maximum Gasteiger partial charge on any atom is 0.191 e. The lowest BCUT2D eigenvalue weighted by Gasteiger charge is -2.24. The summed E-state index contributed by atoms with van der Waals surface area (Å²) in [6.07, 6.45) is 6.66. The van der Waals surface area contributed by atoms with Gasteiger partial charge in [-0.3, -0.25) is 4.99 Å². The van der Waals surface area contributed by atoms with Gasteiger partial charge in [-0.05, 0) is 49.8 Å². The van der Waals surface area contributed by atoms with Gasteiger partial charge in [0.1, 0.15) is 0 Å². The SMILES string of the molecule is CCOC(CCNC(=NC)NCc1ccc(OC)c(OC)c1)C1CCCC1. The number of aliphatic imine (C=N–C) groups is 1. The third-order valence-electron chi connectivity index (χ3n) is 5.16. The molecule has 0 saturated heterocycles. The van der Waals surface area contributed by atoms with Gasteiger partial charge in [-0.2, -0.15) is 0 Å². The van der Waals surface area contributed by atoms with Gasteiger partial charge in [0.25, 0.3) is 0 Å². The van der Waals surface area contributed by atoms with Crippen LogP contribution in [0.1, 0.15) is 44.6 Å². The molecule has 0 spiro atoms. The fourth-order valence-corrected chi connectivity index (χ4v) is 3.73. The van der Waals surface area contributed by atoms with Crippen molar-refractivity contribution in [3.05, 3.63) is 23.8 Å². The Labute approximate surface area is 163 Å². The molecule has 1 aromatic carbocycles. The van der Waals surface area contributed by atoms with Crippen LogP contribution in [0.4, 0.5) is 0 Å². The minimum atomic E-state index is 0.356. The van der Waals surface area contributed by atoms with E-state index >= 15 is 0 Å². The van der Waals surface area contributed by atoms with Crippen molar-refractivity contribution in [1.29, 1.82) is 0 Å². The summed E-state index contributed by atoms with van der Waals surface area (Å²) < 4.78 is 16.6. The number of hydrogen-bond acceptors (Lipinski definition) is 4. The maximum atomic E-state index is 5.99. The molecule has 0 aliphatic heterocycles. The predicted octanol–water partition coefficient (Wildman–Crippen LogP) is 3.35. The number of hydrogen-bond donors (Lipinski definition) is 2. The maximum absolute atomic E-state index is 5.99. The highest BCUT2D eigenvalue weighted by molar-refractivity contribution is 5.79. The number of nitrogens with one attached hydrogen (secondary N) is 2. The first-order valence-corrected chi connectivity index (χ1v) is 9.98. The first-order chi connectivity index (χ1) is 13.2. The molecule has 1 aliphatic rings. The van der Waals surface area contributed by atoms with Crippen LogP contribution in [0.15, 0.2) is 23.2 Å². The van der Waals surface area contributed by atoms with Gasteiger partial charge < -0.3 is 24.8 Å². The van der Waals surface area contributed by atoms with Crippen LogP contribution in [0.25, 0.3) is 0 Å². The van der Waals surface area contributed by atoms with E-state index in [-0.39, 0.29) is 0 Å². The van der Waals surface area contributed by atoms with Crippen LogP contribution in [0, 0.1) is 5.92 Å². The summed E-state index contributed by atoms with van der Waals surface area (Å²) in [5.74, 6) is 2.98. The highest BCUT2D eigenvalue weighted by atomic mass is 16.5. The Morgan fingerprint density at radius 2 is 1.89 bits per heavy atom. The van der Waals surface area contributed by atoms with Crippen LogP contribution in [0.5, 0.6) is 11.5 Å². The molecule has 0 amide bonds. The molecular formula is C21H35N3O3. The fraction of sp³-hybridized carbons (Fsp3) is 0.667. The molecule has 0 bridgehead atoms. The van der Waals surface area contributed by atoms with Crippen LogP contribution in [-0.4, -0.2) is 46.5 Å². The normalized spacial score (nSPS) is 16.2. The predicted molar refractivity (Wildman–Crippen MR) is 110 cm³/mol. The van der Waals surface area contributed by atoms with Gasteiger partial charge in [0.2, 0.25) is 0 Å². The second-order valence-corrected chi connectivity index (χ2v) is 6.87.